The van der Waals surface area contributed by atoms with Gasteiger partial charge in [0.1, 0.15) is 18.2 Å². The summed E-state index contributed by atoms with van der Waals surface area (Å²) >= 11 is 0. The number of anilines is 2. The van der Waals surface area contributed by atoms with Crippen LogP contribution in [0.25, 0.3) is 33.2 Å². The second kappa shape index (κ2) is 21.2. The van der Waals surface area contributed by atoms with Gasteiger partial charge in [-0.05, 0) is 124 Å². The number of rotatable bonds is 15. The fraction of sp³-hybridized carbons (Fsp3) is 0.340. The number of nitrogens with one attached hydrogen (secondary N) is 2. The van der Waals surface area contributed by atoms with Crippen LogP contribution in [0, 0.1) is 23.6 Å². The topological polar surface area (TPSA) is 163 Å². The molecule has 2 saturated heterocycles. The summed E-state index contributed by atoms with van der Waals surface area (Å²) in [6.45, 7) is 4.60. The number of carbonyl (C=O) groups is 5. The minimum atomic E-state index is -4.80. The van der Waals surface area contributed by atoms with E-state index in [1.165, 1.54) is 24.0 Å². The summed E-state index contributed by atoms with van der Waals surface area (Å²) < 4.78 is 62.2. The number of hydrogen-bond donors (Lipinski definition) is 2. The maximum atomic E-state index is 14.4. The number of aromatic nitrogens is 3. The standard InChI is InChI=1S/C53H53F4N9O6/c1-5-65-46(28-36-25-38(53(55,56)57)29-42(48(36)65)50(70)59-39-13-16-43(54)37(26-39)30-67)41-15-14-40(61(2)31-58-62(3)32-68)27-35(41)10-7-6-9-33-19-22-64(23-20-33)24-21-34-11-8-12-44-49(34)63(4)52(72)66(44)45-17-18-47(69)60-51(45)71/h8,11-16,25-33,45H,5-6,9,17-24H2,1-4H3,(H,59,70)(H,60,69,71)/b58-31-. The first-order valence-corrected chi connectivity index (χ1v) is 23.6. The van der Waals surface area contributed by atoms with Crippen molar-refractivity contribution in [2.24, 2.45) is 18.1 Å². The van der Waals surface area contributed by atoms with Crippen LogP contribution in [0.4, 0.5) is 28.9 Å². The Kier molecular flexibility index (Phi) is 14.9. The number of likely N-dealkylation sites (tertiary alicyclic amines) is 1. The van der Waals surface area contributed by atoms with Crippen molar-refractivity contribution in [1.29, 1.82) is 0 Å². The van der Waals surface area contributed by atoms with E-state index in [0.717, 1.165) is 79.3 Å². The summed E-state index contributed by atoms with van der Waals surface area (Å²) in [5.74, 6) is 4.60. The first-order chi connectivity index (χ1) is 34.5. The van der Waals surface area contributed by atoms with Gasteiger partial charge in [0.25, 0.3) is 5.91 Å². The Morgan fingerprint density at radius 1 is 0.972 bits per heavy atom. The van der Waals surface area contributed by atoms with Crippen molar-refractivity contribution in [2.45, 2.75) is 70.6 Å². The number of aryl methyl sites for hydroxylation is 2. The zero-order valence-corrected chi connectivity index (χ0v) is 40.2. The van der Waals surface area contributed by atoms with Gasteiger partial charge in [-0.25, -0.2) is 14.2 Å². The Bertz CT molecular complexity index is 3260. The first kappa shape index (κ1) is 50.5. The van der Waals surface area contributed by atoms with Gasteiger partial charge >= 0.3 is 11.9 Å². The lowest BCUT2D eigenvalue weighted by molar-refractivity contribution is -0.138. The van der Waals surface area contributed by atoms with Crippen molar-refractivity contribution in [2.75, 3.05) is 43.9 Å². The van der Waals surface area contributed by atoms with E-state index in [2.05, 4.69) is 32.5 Å². The molecule has 0 aliphatic carbocycles. The van der Waals surface area contributed by atoms with Crippen LogP contribution in [0.1, 0.15) is 88.9 Å². The number of alkyl halides is 3. The number of fused-ring (bicyclic) bond motifs is 2. The predicted octanol–water partition coefficient (Wildman–Crippen LogP) is 7.74. The highest BCUT2D eigenvalue weighted by Crippen LogP contribution is 2.39. The van der Waals surface area contributed by atoms with E-state index >= 15 is 0 Å². The average molecular weight is 988 g/mol. The summed E-state index contributed by atoms with van der Waals surface area (Å²) in [5.41, 5.74) is 3.10. The number of para-hydroxylation sites is 1. The normalized spacial score (nSPS) is 15.7. The average Bonchev–Trinajstić information content (AvgIpc) is 3.87. The van der Waals surface area contributed by atoms with E-state index < -0.39 is 35.4 Å². The molecule has 0 saturated carbocycles. The number of imidazole rings is 1. The maximum absolute atomic E-state index is 14.4. The minimum absolute atomic E-state index is 0.0241. The van der Waals surface area contributed by atoms with E-state index in [1.807, 2.05) is 31.2 Å². The van der Waals surface area contributed by atoms with Crippen molar-refractivity contribution in [3.63, 3.8) is 0 Å². The number of carbonyl (C=O) groups excluding carboxylic acids is 5. The van der Waals surface area contributed by atoms with Gasteiger partial charge in [-0.1, -0.05) is 24.0 Å². The summed E-state index contributed by atoms with van der Waals surface area (Å²) in [6, 6.07) is 17.1. The summed E-state index contributed by atoms with van der Waals surface area (Å²) in [7, 11) is 4.94. The van der Waals surface area contributed by atoms with Crippen molar-refractivity contribution in [3.05, 3.63) is 117 Å². The van der Waals surface area contributed by atoms with Crippen LogP contribution in [0.15, 0.2) is 82.7 Å². The Morgan fingerprint density at radius 2 is 1.75 bits per heavy atom. The molecule has 1 unspecified atom stereocenters. The molecule has 4 heterocycles. The number of aldehydes is 1. The number of imide groups is 1. The molecule has 8 rings (SSSR count). The highest BCUT2D eigenvalue weighted by Gasteiger charge is 2.34. The molecule has 72 heavy (non-hydrogen) atoms. The molecule has 15 nitrogen and oxygen atoms in total. The van der Waals surface area contributed by atoms with Crippen LogP contribution >= 0.6 is 0 Å². The number of halogens is 4. The molecule has 0 radical (unpaired) electrons. The highest BCUT2D eigenvalue weighted by molar-refractivity contribution is 6.13. The molecule has 0 bridgehead atoms. The largest absolute Gasteiger partial charge is 0.416 e. The number of benzene rings is 4. The van der Waals surface area contributed by atoms with Gasteiger partial charge in [0.2, 0.25) is 18.2 Å². The number of hydrogen-bond acceptors (Lipinski definition) is 8. The van der Waals surface area contributed by atoms with Crippen LogP contribution in [0.3, 0.4) is 0 Å². The third-order valence-electron chi connectivity index (χ3n) is 13.5. The van der Waals surface area contributed by atoms with Crippen LogP contribution in [0.5, 0.6) is 0 Å². The summed E-state index contributed by atoms with van der Waals surface area (Å²) in [6.07, 6.45) is 1.95. The number of nitrogens with zero attached hydrogens (tertiary/aromatic N) is 7. The SMILES string of the molecule is CCn1c(-c2ccc(N(C)/C=N\N(C)C=O)cc2C#CCCC2CCN(CCc3cccc4c3n(C)c(=O)n4C3CCC(=O)NC3=O)CC2)cc2cc(C(F)(F)F)cc(C(=O)Nc3ccc(F)c(C=O)c3)c21. The Morgan fingerprint density at radius 3 is 2.46 bits per heavy atom. The third kappa shape index (κ3) is 10.6. The molecule has 4 aromatic carbocycles. The van der Waals surface area contributed by atoms with Crippen LogP contribution < -0.4 is 21.2 Å². The maximum Gasteiger partial charge on any atom is 0.416 e. The molecular formula is C53H53F4N9O6. The fourth-order valence-corrected chi connectivity index (χ4v) is 9.71. The lowest BCUT2D eigenvalue weighted by Crippen LogP contribution is -2.44. The van der Waals surface area contributed by atoms with Crippen molar-refractivity contribution in [1.82, 2.24) is 28.9 Å². The van der Waals surface area contributed by atoms with Crippen LogP contribution in [0.2, 0.25) is 0 Å². The molecule has 2 N–H and O–H groups in total. The van der Waals surface area contributed by atoms with Crippen molar-refractivity contribution >= 4 is 70.1 Å². The zero-order valence-electron chi connectivity index (χ0n) is 40.2. The Hall–Kier alpha value is -7.85. The Labute approximate surface area is 412 Å². The van der Waals surface area contributed by atoms with Gasteiger partial charge in [0.05, 0.1) is 38.9 Å². The van der Waals surface area contributed by atoms with Crippen molar-refractivity contribution < 1.29 is 41.5 Å². The van der Waals surface area contributed by atoms with E-state index in [4.69, 9.17) is 0 Å². The van der Waals surface area contributed by atoms with E-state index in [-0.39, 0.29) is 65.0 Å². The minimum Gasteiger partial charge on any atom is -0.340 e. The van der Waals surface area contributed by atoms with Crippen molar-refractivity contribution in [3.8, 4) is 23.1 Å². The molecule has 6 aromatic rings. The van der Waals surface area contributed by atoms with E-state index in [9.17, 15) is 46.3 Å². The number of amides is 4. The second-order valence-corrected chi connectivity index (χ2v) is 18.1. The predicted molar refractivity (Wildman–Crippen MR) is 266 cm³/mol. The van der Waals surface area contributed by atoms with Gasteiger partial charge in [0.15, 0.2) is 6.29 Å². The molecule has 4 amide bonds. The van der Waals surface area contributed by atoms with Crippen LogP contribution in [-0.4, -0.2) is 94.1 Å². The van der Waals surface area contributed by atoms with Gasteiger partial charge in [-0.15, -0.1) is 0 Å². The number of hydrazone groups is 1. The van der Waals surface area contributed by atoms with Gasteiger partial charge < -0.3 is 19.7 Å². The van der Waals surface area contributed by atoms with Gasteiger partial charge in [0, 0.05) is 75.0 Å². The molecular weight excluding hydrogens is 935 g/mol. The fourth-order valence-electron chi connectivity index (χ4n) is 9.71. The second-order valence-electron chi connectivity index (χ2n) is 18.1. The summed E-state index contributed by atoms with van der Waals surface area (Å²) in [5, 5.41) is 10.3. The lowest BCUT2D eigenvalue weighted by atomic mass is 9.92. The molecule has 2 fully saturated rings. The molecule has 19 heteroatoms. The first-order valence-electron chi connectivity index (χ1n) is 23.6. The zero-order chi connectivity index (χ0) is 51.4. The number of piperidine rings is 2. The quantitative estimate of drug-likeness (QED) is 0.0201. The van der Waals surface area contributed by atoms with E-state index in [0.29, 0.717) is 53.2 Å². The van der Waals surface area contributed by atoms with E-state index in [1.54, 1.807) is 46.3 Å². The monoisotopic (exact) mass is 987 g/mol. The molecule has 0 spiro atoms. The molecule has 2 aliphatic heterocycles. The summed E-state index contributed by atoms with van der Waals surface area (Å²) in [4.78, 5) is 78.6. The van der Waals surface area contributed by atoms with Gasteiger partial charge in [-0.3, -0.25) is 38.4 Å². The third-order valence-corrected chi connectivity index (χ3v) is 13.5. The highest BCUT2D eigenvalue weighted by atomic mass is 19.4. The molecule has 374 valence electrons. The van der Waals surface area contributed by atoms with Gasteiger partial charge in [-0.2, -0.15) is 18.3 Å². The molecule has 1 atom stereocenters. The smallest absolute Gasteiger partial charge is 0.340 e. The molecule has 2 aliphatic rings. The molecule has 2 aromatic heterocycles. The Balaban J connectivity index is 1.01. The lowest BCUT2D eigenvalue weighted by Gasteiger charge is -2.31. The van der Waals surface area contributed by atoms with Crippen LogP contribution in [-0.2, 0) is 40.6 Å².